The Balaban J connectivity index is 2.18. The number of aromatic nitrogens is 1. The van der Waals surface area contributed by atoms with Crippen LogP contribution in [0.2, 0.25) is 0 Å². The van der Waals surface area contributed by atoms with Gasteiger partial charge in [0.15, 0.2) is 11.5 Å². The minimum Gasteiger partial charge on any atom is -0.493 e. The number of hydrogen-bond acceptors (Lipinski definition) is 4. The lowest BCUT2D eigenvalue weighted by Crippen LogP contribution is -2.02. The average Bonchev–Trinajstić information content (AvgIpc) is 2.85. The van der Waals surface area contributed by atoms with Crippen LogP contribution in [0.4, 0.5) is 5.69 Å². The summed E-state index contributed by atoms with van der Waals surface area (Å²) >= 11 is 0. The first-order valence-electron chi connectivity index (χ1n) is 6.61. The predicted octanol–water partition coefficient (Wildman–Crippen LogP) is 2.83. The smallest absolute Gasteiger partial charge is 0.162 e. The van der Waals surface area contributed by atoms with E-state index in [1.807, 2.05) is 42.9 Å². The van der Waals surface area contributed by atoms with Crippen molar-refractivity contribution >= 4 is 5.69 Å². The van der Waals surface area contributed by atoms with Gasteiger partial charge in [0.2, 0.25) is 0 Å². The first-order valence-corrected chi connectivity index (χ1v) is 6.61. The molecule has 0 bridgehead atoms. The summed E-state index contributed by atoms with van der Waals surface area (Å²) in [6.07, 6.45) is 1.95. The molecule has 110 valence electrons. The Morgan fingerprint density at radius 1 is 1.19 bits per heavy atom. The fraction of sp³-hybridized carbons (Fsp3) is 0.312. The standard InChI is InChI=1S/C16H19N3O2/c1-11-5-15(20-3)16(21-4)7-14(11)18-9-12-6-13(8-17)19(2)10-12/h5-7,10,18H,9H2,1-4H3. The number of anilines is 1. The topological polar surface area (TPSA) is 59.2 Å². The molecule has 1 aromatic carbocycles. The molecule has 0 aliphatic carbocycles. The van der Waals surface area contributed by atoms with E-state index >= 15 is 0 Å². The fourth-order valence-corrected chi connectivity index (χ4v) is 2.21. The van der Waals surface area contributed by atoms with Gasteiger partial charge in [-0.3, -0.25) is 0 Å². The highest BCUT2D eigenvalue weighted by atomic mass is 16.5. The Labute approximate surface area is 124 Å². The molecule has 5 heteroatoms. The molecule has 0 amide bonds. The Kier molecular flexibility index (Phi) is 4.39. The quantitative estimate of drug-likeness (QED) is 0.917. The van der Waals surface area contributed by atoms with Crippen LogP contribution in [0.25, 0.3) is 0 Å². The Morgan fingerprint density at radius 2 is 1.86 bits per heavy atom. The molecule has 0 unspecified atom stereocenters. The van der Waals surface area contributed by atoms with Crippen molar-refractivity contribution in [2.75, 3.05) is 19.5 Å². The normalized spacial score (nSPS) is 10.0. The second-order valence-electron chi connectivity index (χ2n) is 4.83. The lowest BCUT2D eigenvalue weighted by atomic mass is 10.1. The van der Waals surface area contributed by atoms with Gasteiger partial charge in [0, 0.05) is 31.5 Å². The zero-order valence-electron chi connectivity index (χ0n) is 12.7. The number of rotatable bonds is 5. The second kappa shape index (κ2) is 6.23. The van der Waals surface area contributed by atoms with Gasteiger partial charge in [-0.05, 0) is 30.2 Å². The summed E-state index contributed by atoms with van der Waals surface area (Å²) < 4.78 is 12.4. The van der Waals surface area contributed by atoms with Crippen molar-refractivity contribution in [1.82, 2.24) is 4.57 Å². The van der Waals surface area contributed by atoms with E-state index in [0.29, 0.717) is 23.7 Å². The molecule has 0 aliphatic heterocycles. The molecule has 0 aliphatic rings. The number of aryl methyl sites for hydroxylation is 2. The summed E-state index contributed by atoms with van der Waals surface area (Å²) in [6, 6.07) is 7.89. The third kappa shape index (κ3) is 3.11. The van der Waals surface area contributed by atoms with E-state index in [2.05, 4.69) is 11.4 Å². The Morgan fingerprint density at radius 3 is 2.43 bits per heavy atom. The zero-order chi connectivity index (χ0) is 15.4. The van der Waals surface area contributed by atoms with Crippen LogP contribution >= 0.6 is 0 Å². The van der Waals surface area contributed by atoms with Crippen LogP contribution in [0.5, 0.6) is 11.5 Å². The molecule has 0 saturated heterocycles. The molecule has 1 heterocycles. The first kappa shape index (κ1) is 14.8. The molecule has 2 aromatic rings. The van der Waals surface area contributed by atoms with E-state index in [4.69, 9.17) is 14.7 Å². The molecule has 1 aromatic heterocycles. The van der Waals surface area contributed by atoms with Crippen molar-refractivity contribution in [3.05, 3.63) is 41.2 Å². The van der Waals surface area contributed by atoms with Crippen molar-refractivity contribution in [2.45, 2.75) is 13.5 Å². The average molecular weight is 285 g/mol. The maximum atomic E-state index is 8.97. The summed E-state index contributed by atoms with van der Waals surface area (Å²) in [5.74, 6) is 1.41. The molecule has 0 spiro atoms. The van der Waals surface area contributed by atoms with Gasteiger partial charge in [0.25, 0.3) is 0 Å². The van der Waals surface area contributed by atoms with E-state index < -0.39 is 0 Å². The van der Waals surface area contributed by atoms with Crippen LogP contribution in [0.15, 0.2) is 24.4 Å². The third-order valence-corrected chi connectivity index (χ3v) is 3.39. The highest BCUT2D eigenvalue weighted by molar-refractivity contribution is 5.60. The van der Waals surface area contributed by atoms with Crippen LogP contribution in [0.3, 0.4) is 0 Å². The summed E-state index contributed by atoms with van der Waals surface area (Å²) in [6.45, 7) is 2.65. The van der Waals surface area contributed by atoms with Gasteiger partial charge >= 0.3 is 0 Å². The molecule has 0 atom stereocenters. The molecule has 2 rings (SSSR count). The van der Waals surface area contributed by atoms with Gasteiger partial charge in [-0.2, -0.15) is 5.26 Å². The number of methoxy groups -OCH3 is 2. The first-order chi connectivity index (χ1) is 10.1. The van der Waals surface area contributed by atoms with Gasteiger partial charge in [-0.1, -0.05) is 0 Å². The van der Waals surface area contributed by atoms with Crippen LogP contribution < -0.4 is 14.8 Å². The van der Waals surface area contributed by atoms with E-state index in [1.165, 1.54) is 0 Å². The van der Waals surface area contributed by atoms with E-state index in [-0.39, 0.29) is 0 Å². The summed E-state index contributed by atoms with van der Waals surface area (Å²) in [5.41, 5.74) is 3.76. The SMILES string of the molecule is COc1cc(C)c(NCc2cc(C#N)n(C)c2)cc1OC. The van der Waals surface area contributed by atoms with E-state index in [1.54, 1.807) is 14.2 Å². The van der Waals surface area contributed by atoms with Gasteiger partial charge in [-0.25, -0.2) is 0 Å². The highest BCUT2D eigenvalue weighted by Crippen LogP contribution is 2.33. The lowest BCUT2D eigenvalue weighted by molar-refractivity contribution is 0.355. The van der Waals surface area contributed by atoms with Gasteiger partial charge in [-0.15, -0.1) is 0 Å². The summed E-state index contributed by atoms with van der Waals surface area (Å²) in [5, 5.41) is 12.3. The van der Waals surface area contributed by atoms with Crippen molar-refractivity contribution in [2.24, 2.45) is 7.05 Å². The molecular weight excluding hydrogens is 266 g/mol. The van der Waals surface area contributed by atoms with Gasteiger partial charge in [0.1, 0.15) is 11.8 Å². The maximum absolute atomic E-state index is 8.97. The van der Waals surface area contributed by atoms with Crippen molar-refractivity contribution < 1.29 is 9.47 Å². The number of benzene rings is 1. The number of ether oxygens (including phenoxy) is 2. The number of nitrogens with one attached hydrogen (secondary N) is 1. The fourth-order valence-electron chi connectivity index (χ4n) is 2.21. The maximum Gasteiger partial charge on any atom is 0.162 e. The molecule has 0 fully saturated rings. The molecular formula is C16H19N3O2. The monoisotopic (exact) mass is 285 g/mol. The molecule has 0 saturated carbocycles. The van der Waals surface area contributed by atoms with Crippen LogP contribution in [0, 0.1) is 18.3 Å². The molecule has 21 heavy (non-hydrogen) atoms. The number of nitriles is 1. The predicted molar refractivity (Wildman–Crippen MR) is 81.7 cm³/mol. The molecule has 0 radical (unpaired) electrons. The lowest BCUT2D eigenvalue weighted by Gasteiger charge is -2.14. The minimum absolute atomic E-state index is 0.645. The number of hydrogen-bond donors (Lipinski definition) is 1. The van der Waals surface area contributed by atoms with Crippen molar-refractivity contribution in [3.63, 3.8) is 0 Å². The zero-order valence-corrected chi connectivity index (χ0v) is 12.7. The summed E-state index contributed by atoms with van der Waals surface area (Å²) in [4.78, 5) is 0. The van der Waals surface area contributed by atoms with Gasteiger partial charge < -0.3 is 19.4 Å². The van der Waals surface area contributed by atoms with E-state index in [0.717, 1.165) is 16.8 Å². The van der Waals surface area contributed by atoms with Crippen LogP contribution in [-0.2, 0) is 13.6 Å². The largest absolute Gasteiger partial charge is 0.493 e. The van der Waals surface area contributed by atoms with E-state index in [9.17, 15) is 0 Å². The van der Waals surface area contributed by atoms with Crippen molar-refractivity contribution in [3.8, 4) is 17.6 Å². The van der Waals surface area contributed by atoms with Gasteiger partial charge in [0.05, 0.1) is 14.2 Å². The highest BCUT2D eigenvalue weighted by Gasteiger charge is 2.09. The van der Waals surface area contributed by atoms with Crippen molar-refractivity contribution in [1.29, 1.82) is 5.26 Å². The molecule has 1 N–H and O–H groups in total. The molecule has 5 nitrogen and oxygen atoms in total. The number of nitrogens with zero attached hydrogens (tertiary/aromatic N) is 2. The third-order valence-electron chi connectivity index (χ3n) is 3.39. The second-order valence-corrected chi connectivity index (χ2v) is 4.83. The Hall–Kier alpha value is -2.61. The Bertz CT molecular complexity index is 684. The summed E-state index contributed by atoms with van der Waals surface area (Å²) in [7, 11) is 5.11. The minimum atomic E-state index is 0.645. The van der Waals surface area contributed by atoms with Crippen LogP contribution in [-0.4, -0.2) is 18.8 Å². The van der Waals surface area contributed by atoms with Crippen LogP contribution in [0.1, 0.15) is 16.8 Å².